The van der Waals surface area contributed by atoms with Gasteiger partial charge in [0, 0.05) is 64.9 Å². The van der Waals surface area contributed by atoms with E-state index in [1.165, 1.54) is 11.0 Å². The van der Waals surface area contributed by atoms with Gasteiger partial charge < -0.3 is 14.8 Å². The van der Waals surface area contributed by atoms with E-state index in [9.17, 15) is 14.3 Å². The Bertz CT molecular complexity index is 1940. The first-order chi connectivity index (χ1) is 20.6. The van der Waals surface area contributed by atoms with E-state index in [2.05, 4.69) is 23.3 Å². The van der Waals surface area contributed by atoms with Gasteiger partial charge in [0.25, 0.3) is 0 Å². The van der Waals surface area contributed by atoms with Crippen LogP contribution in [0, 0.1) is 23.3 Å². The van der Waals surface area contributed by atoms with E-state index in [4.69, 9.17) is 0 Å². The average Bonchev–Trinajstić information content (AvgIpc) is 2.98. The Kier molecular flexibility index (Phi) is 5.73. The minimum atomic E-state index is -2.15. The third-order valence-electron chi connectivity index (χ3n) is 10.6. The lowest BCUT2D eigenvalue weighted by atomic mass is 9.63. The lowest BCUT2D eigenvalue weighted by molar-refractivity contribution is -0.255. The molecule has 0 aromatic heterocycles. The quantitative estimate of drug-likeness (QED) is 0.199. The molecule has 5 aliphatic rings. The molecule has 222 valence electrons. The number of hydrogen-bond acceptors (Lipinski definition) is 3. The van der Waals surface area contributed by atoms with Crippen molar-refractivity contribution in [3.8, 4) is 0 Å². The number of anilines is 1. The van der Waals surface area contributed by atoms with Crippen LogP contribution in [0.2, 0.25) is 0 Å². The molecular formula is C35H32F4N2O2. The monoisotopic (exact) mass is 588 g/mol. The molecule has 4 heterocycles. The number of carbonyl (C=O) groups is 1. The SMILES string of the molecule is CC1(C)c2c(cc3c4c2CCCN4CCC3)C(c2c(F)c(F)c(F)c(F)c2C(=O)[O-])=c2cc3c4c(c21)CCC[N+]=4CCC3. The van der Waals surface area contributed by atoms with E-state index in [-0.39, 0.29) is 5.57 Å². The van der Waals surface area contributed by atoms with Gasteiger partial charge in [-0.1, -0.05) is 13.8 Å². The predicted molar refractivity (Wildman–Crippen MR) is 153 cm³/mol. The summed E-state index contributed by atoms with van der Waals surface area (Å²) in [5.41, 5.74) is 5.60. The molecule has 4 aliphatic heterocycles. The molecule has 1 aliphatic carbocycles. The topological polar surface area (TPSA) is 46.4 Å². The summed E-state index contributed by atoms with van der Waals surface area (Å²) in [7, 11) is 0. The number of carbonyl (C=O) groups excluding carboxylic acids is 1. The predicted octanol–water partition coefficient (Wildman–Crippen LogP) is 3.58. The molecule has 0 saturated carbocycles. The van der Waals surface area contributed by atoms with E-state index >= 15 is 13.2 Å². The van der Waals surface area contributed by atoms with Gasteiger partial charge in [0.1, 0.15) is 13.1 Å². The Labute approximate surface area is 247 Å². The fourth-order valence-electron chi connectivity index (χ4n) is 9.14. The average molecular weight is 589 g/mol. The Morgan fingerprint density at radius 1 is 0.814 bits per heavy atom. The number of benzene rings is 3. The normalized spacial score (nSPS) is 19.4. The van der Waals surface area contributed by atoms with E-state index in [1.54, 1.807) is 0 Å². The minimum Gasteiger partial charge on any atom is -0.545 e. The van der Waals surface area contributed by atoms with Crippen LogP contribution in [-0.4, -0.2) is 32.1 Å². The van der Waals surface area contributed by atoms with Crippen LogP contribution in [0.3, 0.4) is 0 Å². The maximum Gasteiger partial charge on any atom is 0.206 e. The van der Waals surface area contributed by atoms with Gasteiger partial charge in [-0.25, -0.2) is 22.1 Å². The molecule has 8 heteroatoms. The van der Waals surface area contributed by atoms with Gasteiger partial charge in [-0.2, -0.15) is 0 Å². The van der Waals surface area contributed by atoms with Crippen molar-refractivity contribution in [3.63, 3.8) is 0 Å². The summed E-state index contributed by atoms with van der Waals surface area (Å²) >= 11 is 0. The Morgan fingerprint density at radius 2 is 1.47 bits per heavy atom. The molecule has 8 rings (SSSR count). The van der Waals surface area contributed by atoms with Gasteiger partial charge in [-0.15, -0.1) is 0 Å². The third-order valence-corrected chi connectivity index (χ3v) is 10.6. The maximum atomic E-state index is 16.1. The number of fused-ring (bicyclic) bond motifs is 4. The molecule has 0 fully saturated rings. The van der Waals surface area contributed by atoms with Gasteiger partial charge in [-0.05, 0) is 83.7 Å². The molecule has 0 amide bonds. The number of aromatic carboxylic acids is 1. The number of nitrogens with zero attached hydrogens (tertiary/aromatic N) is 2. The van der Waals surface area contributed by atoms with Crippen molar-refractivity contribution in [2.24, 2.45) is 0 Å². The lowest BCUT2D eigenvalue weighted by Gasteiger charge is -2.44. The molecule has 3 aromatic rings. The summed E-state index contributed by atoms with van der Waals surface area (Å²) in [5, 5.41) is 14.2. The van der Waals surface area contributed by atoms with Crippen LogP contribution < -0.4 is 25.2 Å². The standard InChI is InChI=1S/C35H32F4N2O2/c1-35(2)26-19-9-5-13-40-11-3-7-17(32(19)40)15-21(26)23(24-25(34(42)43)29(37)31(39)30(38)28(24)36)22-16-18-8-4-12-41-14-6-10-20(27(22)35)33(18)41/h15-16H,3-14H2,1-2H3. The Hall–Kier alpha value is -3.68. The summed E-state index contributed by atoms with van der Waals surface area (Å²) in [4.78, 5) is 14.8. The summed E-state index contributed by atoms with van der Waals surface area (Å²) in [6.45, 7) is 8.10. The fraction of sp³-hybridized carbons (Fsp3) is 0.429. The van der Waals surface area contributed by atoms with Crippen molar-refractivity contribution in [3.05, 3.63) is 96.0 Å². The highest BCUT2D eigenvalue weighted by Crippen LogP contribution is 2.50. The lowest BCUT2D eigenvalue weighted by Crippen LogP contribution is -2.49. The molecule has 0 atom stereocenters. The second-order valence-electron chi connectivity index (χ2n) is 13.3. The van der Waals surface area contributed by atoms with Crippen LogP contribution in [0.15, 0.2) is 12.1 Å². The maximum absolute atomic E-state index is 16.1. The first-order valence-corrected chi connectivity index (χ1v) is 15.4. The van der Waals surface area contributed by atoms with Crippen LogP contribution in [0.25, 0.3) is 5.57 Å². The smallest absolute Gasteiger partial charge is 0.206 e. The molecule has 43 heavy (non-hydrogen) atoms. The highest BCUT2D eigenvalue weighted by Gasteiger charge is 2.44. The third kappa shape index (κ3) is 3.49. The molecule has 0 bridgehead atoms. The highest BCUT2D eigenvalue weighted by molar-refractivity contribution is 5.98. The van der Waals surface area contributed by atoms with E-state index < -0.39 is 45.8 Å². The number of carboxylic acid groups (broad SMARTS) is 1. The largest absolute Gasteiger partial charge is 0.545 e. The van der Waals surface area contributed by atoms with Crippen LogP contribution >= 0.6 is 0 Å². The van der Waals surface area contributed by atoms with Crippen molar-refractivity contribution in [2.45, 2.75) is 70.6 Å². The molecule has 3 aromatic carbocycles. The second kappa shape index (κ2) is 9.16. The van der Waals surface area contributed by atoms with Gasteiger partial charge in [0.15, 0.2) is 23.3 Å². The van der Waals surface area contributed by atoms with Crippen LogP contribution in [0.1, 0.15) is 94.4 Å². The van der Waals surface area contributed by atoms with Crippen LogP contribution in [0.5, 0.6) is 0 Å². The van der Waals surface area contributed by atoms with Crippen molar-refractivity contribution in [1.82, 2.24) is 4.58 Å². The van der Waals surface area contributed by atoms with Gasteiger partial charge in [0.05, 0.1) is 5.97 Å². The molecular weight excluding hydrogens is 556 g/mol. The number of carboxylic acids is 1. The first kappa shape index (κ1) is 26.9. The molecule has 0 N–H and O–H groups in total. The number of rotatable bonds is 2. The summed E-state index contributed by atoms with van der Waals surface area (Å²) < 4.78 is 63.5. The van der Waals surface area contributed by atoms with Gasteiger partial charge in [-0.3, -0.25) is 0 Å². The zero-order chi connectivity index (χ0) is 29.9. The number of aryl methyl sites for hydroxylation is 2. The molecule has 0 radical (unpaired) electrons. The summed E-state index contributed by atoms with van der Waals surface area (Å²) in [5.74, 6) is -9.89. The van der Waals surface area contributed by atoms with E-state index in [0.717, 1.165) is 111 Å². The van der Waals surface area contributed by atoms with E-state index in [1.807, 2.05) is 12.1 Å². The molecule has 0 unspecified atom stereocenters. The van der Waals surface area contributed by atoms with Crippen LogP contribution in [-0.2, 0) is 31.1 Å². The van der Waals surface area contributed by atoms with Gasteiger partial charge >= 0.3 is 0 Å². The zero-order valence-corrected chi connectivity index (χ0v) is 24.4. The summed E-state index contributed by atoms with van der Waals surface area (Å²) in [6.07, 6.45) is 6.91. The van der Waals surface area contributed by atoms with Gasteiger partial charge in [0.2, 0.25) is 5.36 Å². The first-order valence-electron chi connectivity index (χ1n) is 15.4. The van der Waals surface area contributed by atoms with E-state index in [0.29, 0.717) is 10.8 Å². The zero-order valence-electron chi connectivity index (χ0n) is 24.4. The fourth-order valence-corrected chi connectivity index (χ4v) is 9.14. The Balaban J connectivity index is 1.65. The summed E-state index contributed by atoms with van der Waals surface area (Å²) in [6, 6.07) is 3.97. The van der Waals surface area contributed by atoms with Crippen molar-refractivity contribution >= 4 is 17.2 Å². The minimum absolute atomic E-state index is 0.127. The van der Waals surface area contributed by atoms with Crippen molar-refractivity contribution < 1.29 is 27.5 Å². The molecule has 4 nitrogen and oxygen atoms in total. The highest BCUT2D eigenvalue weighted by atomic mass is 19.2. The van der Waals surface area contributed by atoms with Crippen LogP contribution in [0.4, 0.5) is 23.2 Å². The molecule has 0 saturated heterocycles. The Morgan fingerprint density at radius 3 is 2.21 bits per heavy atom. The van der Waals surface area contributed by atoms with Crippen molar-refractivity contribution in [2.75, 3.05) is 31.1 Å². The number of hydrogen-bond donors (Lipinski definition) is 0. The number of halogens is 4. The second-order valence-corrected chi connectivity index (χ2v) is 13.3. The molecule has 0 spiro atoms. The van der Waals surface area contributed by atoms with Crippen molar-refractivity contribution in [1.29, 1.82) is 0 Å².